The van der Waals surface area contributed by atoms with Gasteiger partial charge < -0.3 is 4.98 Å². The highest BCUT2D eigenvalue weighted by molar-refractivity contribution is 7.99. The number of hydrogen-bond acceptors (Lipinski definition) is 3. The molecule has 0 saturated carbocycles. The highest BCUT2D eigenvalue weighted by Gasteiger charge is 2.14. The van der Waals surface area contributed by atoms with Gasteiger partial charge in [0, 0.05) is 29.3 Å². The second kappa shape index (κ2) is 6.75. The fourth-order valence-electron chi connectivity index (χ4n) is 2.16. The van der Waals surface area contributed by atoms with Gasteiger partial charge in [-0.2, -0.15) is 0 Å². The van der Waals surface area contributed by atoms with Crippen molar-refractivity contribution in [1.29, 1.82) is 0 Å². The van der Waals surface area contributed by atoms with E-state index < -0.39 is 0 Å². The number of rotatable bonds is 5. The number of thioether (sulfide) groups is 1. The van der Waals surface area contributed by atoms with E-state index in [1.807, 2.05) is 12.1 Å². The number of nitrogens with zero attached hydrogens (tertiary/aromatic N) is 2. The fraction of sp³-hybridized carbons (Fsp3) is 0.176. The van der Waals surface area contributed by atoms with E-state index in [1.165, 1.54) is 12.1 Å². The molecule has 3 aromatic rings. The van der Waals surface area contributed by atoms with Crippen LogP contribution in [-0.2, 0) is 0 Å². The van der Waals surface area contributed by atoms with Crippen molar-refractivity contribution in [1.82, 2.24) is 15.0 Å². The zero-order valence-corrected chi connectivity index (χ0v) is 13.0. The summed E-state index contributed by atoms with van der Waals surface area (Å²) in [7, 11) is 0. The van der Waals surface area contributed by atoms with Crippen LogP contribution in [0.3, 0.4) is 0 Å². The Morgan fingerprint density at radius 2 is 1.77 bits per heavy atom. The number of imidazole rings is 1. The summed E-state index contributed by atoms with van der Waals surface area (Å²) in [5.41, 5.74) is 3.69. The number of pyridine rings is 1. The van der Waals surface area contributed by atoms with Crippen LogP contribution in [0.2, 0.25) is 0 Å². The molecule has 0 aliphatic heterocycles. The van der Waals surface area contributed by atoms with Crippen molar-refractivity contribution in [2.75, 3.05) is 5.75 Å². The molecule has 2 aromatic heterocycles. The summed E-state index contributed by atoms with van der Waals surface area (Å²) in [4.78, 5) is 12.1. The van der Waals surface area contributed by atoms with Crippen LogP contribution in [0, 0.1) is 5.82 Å². The van der Waals surface area contributed by atoms with E-state index in [-0.39, 0.29) is 5.82 Å². The maximum atomic E-state index is 13.2. The molecule has 0 aliphatic rings. The number of nitrogens with one attached hydrogen (secondary N) is 1. The molecule has 0 unspecified atom stereocenters. The standard InChI is InChI=1S/C17H16FN3S/c1-2-11-22-17-20-15(12-3-5-14(18)6-4-12)16(21-17)13-7-9-19-10-8-13/h3-10H,2,11H2,1H3,(H,20,21). The summed E-state index contributed by atoms with van der Waals surface area (Å²) in [6.45, 7) is 2.14. The third-order valence-electron chi connectivity index (χ3n) is 3.21. The first-order valence-electron chi connectivity index (χ1n) is 7.17. The van der Waals surface area contributed by atoms with Crippen LogP contribution in [0.4, 0.5) is 4.39 Å². The van der Waals surface area contributed by atoms with Crippen molar-refractivity contribution in [2.45, 2.75) is 18.5 Å². The Labute approximate surface area is 133 Å². The minimum Gasteiger partial charge on any atom is -0.332 e. The molecule has 22 heavy (non-hydrogen) atoms. The summed E-state index contributed by atoms with van der Waals surface area (Å²) in [6, 6.07) is 10.3. The Bertz CT molecular complexity index is 738. The lowest BCUT2D eigenvalue weighted by atomic mass is 10.1. The van der Waals surface area contributed by atoms with Crippen LogP contribution in [-0.4, -0.2) is 20.7 Å². The van der Waals surface area contributed by atoms with Gasteiger partial charge >= 0.3 is 0 Å². The Kier molecular flexibility index (Phi) is 4.53. The van der Waals surface area contributed by atoms with Crippen LogP contribution in [0.5, 0.6) is 0 Å². The second-order valence-corrected chi connectivity index (χ2v) is 5.94. The topological polar surface area (TPSA) is 41.6 Å². The number of aromatic amines is 1. The number of aromatic nitrogens is 3. The van der Waals surface area contributed by atoms with Crippen LogP contribution >= 0.6 is 11.8 Å². The molecule has 0 radical (unpaired) electrons. The molecule has 3 nitrogen and oxygen atoms in total. The number of benzene rings is 1. The summed E-state index contributed by atoms with van der Waals surface area (Å²) in [6.07, 6.45) is 4.59. The molecule has 0 atom stereocenters. The van der Waals surface area contributed by atoms with Gasteiger partial charge in [-0.25, -0.2) is 9.37 Å². The Morgan fingerprint density at radius 1 is 1.05 bits per heavy atom. The van der Waals surface area contributed by atoms with Gasteiger partial charge in [0.1, 0.15) is 5.82 Å². The number of H-pyrrole nitrogens is 1. The van der Waals surface area contributed by atoms with Crippen LogP contribution in [0.15, 0.2) is 53.9 Å². The quantitative estimate of drug-likeness (QED) is 0.689. The normalized spacial score (nSPS) is 10.8. The van der Waals surface area contributed by atoms with E-state index in [9.17, 15) is 4.39 Å². The summed E-state index contributed by atoms with van der Waals surface area (Å²) >= 11 is 1.69. The van der Waals surface area contributed by atoms with Crippen molar-refractivity contribution in [3.8, 4) is 22.5 Å². The van der Waals surface area contributed by atoms with E-state index >= 15 is 0 Å². The maximum Gasteiger partial charge on any atom is 0.166 e. The van der Waals surface area contributed by atoms with Gasteiger partial charge in [0.15, 0.2) is 5.16 Å². The molecule has 2 heterocycles. The third-order valence-corrected chi connectivity index (χ3v) is 4.29. The van der Waals surface area contributed by atoms with Gasteiger partial charge in [0.2, 0.25) is 0 Å². The van der Waals surface area contributed by atoms with Crippen molar-refractivity contribution in [3.05, 3.63) is 54.6 Å². The highest BCUT2D eigenvalue weighted by atomic mass is 32.2. The monoisotopic (exact) mass is 313 g/mol. The molecule has 0 amide bonds. The summed E-state index contributed by atoms with van der Waals surface area (Å²) in [5.74, 6) is 0.761. The maximum absolute atomic E-state index is 13.2. The zero-order valence-electron chi connectivity index (χ0n) is 12.2. The largest absolute Gasteiger partial charge is 0.332 e. The average Bonchev–Trinajstić information content (AvgIpc) is 2.98. The minimum absolute atomic E-state index is 0.245. The second-order valence-electron chi connectivity index (χ2n) is 4.86. The van der Waals surface area contributed by atoms with Crippen LogP contribution in [0.25, 0.3) is 22.5 Å². The van der Waals surface area contributed by atoms with Gasteiger partial charge in [-0.05, 0) is 42.8 Å². The first-order chi connectivity index (χ1) is 10.8. The van der Waals surface area contributed by atoms with E-state index in [1.54, 1.807) is 36.3 Å². The Morgan fingerprint density at radius 3 is 2.45 bits per heavy atom. The van der Waals surface area contributed by atoms with Gasteiger partial charge in [0.05, 0.1) is 11.4 Å². The number of hydrogen-bond donors (Lipinski definition) is 1. The zero-order chi connectivity index (χ0) is 15.4. The third kappa shape index (κ3) is 3.20. The lowest BCUT2D eigenvalue weighted by molar-refractivity contribution is 0.628. The van der Waals surface area contributed by atoms with Gasteiger partial charge in [-0.1, -0.05) is 18.7 Å². The average molecular weight is 313 g/mol. The first kappa shape index (κ1) is 14.8. The SMILES string of the molecule is CCCSc1nc(-c2ccc(F)cc2)c(-c2ccncc2)[nH]1. The van der Waals surface area contributed by atoms with Crippen LogP contribution in [0.1, 0.15) is 13.3 Å². The van der Waals surface area contributed by atoms with Gasteiger partial charge in [-0.15, -0.1) is 0 Å². The number of halogens is 1. The molecule has 0 aliphatic carbocycles. The van der Waals surface area contributed by atoms with Gasteiger partial charge in [0.25, 0.3) is 0 Å². The van der Waals surface area contributed by atoms with E-state index in [0.717, 1.165) is 39.8 Å². The van der Waals surface area contributed by atoms with E-state index in [0.29, 0.717) is 0 Å². The molecule has 1 N–H and O–H groups in total. The lowest BCUT2D eigenvalue weighted by Gasteiger charge is -2.02. The smallest absolute Gasteiger partial charge is 0.166 e. The summed E-state index contributed by atoms with van der Waals surface area (Å²) < 4.78 is 13.2. The molecule has 3 rings (SSSR count). The lowest BCUT2D eigenvalue weighted by Crippen LogP contribution is -1.84. The molecule has 0 bridgehead atoms. The molecule has 112 valence electrons. The molecule has 5 heteroatoms. The minimum atomic E-state index is -0.245. The molecule has 0 spiro atoms. The molecular formula is C17H16FN3S. The fourth-order valence-corrected chi connectivity index (χ4v) is 2.89. The first-order valence-corrected chi connectivity index (χ1v) is 8.15. The van der Waals surface area contributed by atoms with Crippen LogP contribution < -0.4 is 0 Å². The molecule has 0 saturated heterocycles. The Hall–Kier alpha value is -2.14. The predicted octanol–water partition coefficient (Wildman–Crippen LogP) is 4.78. The van der Waals surface area contributed by atoms with Gasteiger partial charge in [-0.3, -0.25) is 4.98 Å². The molecule has 1 aromatic carbocycles. The van der Waals surface area contributed by atoms with E-state index in [2.05, 4.69) is 21.9 Å². The predicted molar refractivity (Wildman–Crippen MR) is 88.2 cm³/mol. The molecular weight excluding hydrogens is 297 g/mol. The van der Waals surface area contributed by atoms with Crippen molar-refractivity contribution in [2.24, 2.45) is 0 Å². The molecule has 0 fully saturated rings. The van der Waals surface area contributed by atoms with Crippen molar-refractivity contribution >= 4 is 11.8 Å². The Balaban J connectivity index is 2.06. The van der Waals surface area contributed by atoms with E-state index in [4.69, 9.17) is 0 Å². The van der Waals surface area contributed by atoms with Crippen molar-refractivity contribution in [3.63, 3.8) is 0 Å². The summed E-state index contributed by atoms with van der Waals surface area (Å²) in [5, 5.41) is 0.882. The van der Waals surface area contributed by atoms with Crippen molar-refractivity contribution < 1.29 is 4.39 Å². The highest BCUT2D eigenvalue weighted by Crippen LogP contribution is 2.32.